The summed E-state index contributed by atoms with van der Waals surface area (Å²) in [5.41, 5.74) is 7.02. The zero-order valence-corrected chi connectivity index (χ0v) is 10.4. The molecule has 0 radical (unpaired) electrons. The summed E-state index contributed by atoms with van der Waals surface area (Å²) < 4.78 is 0. The predicted molar refractivity (Wildman–Crippen MR) is 71.6 cm³/mol. The second-order valence-electron chi connectivity index (χ2n) is 4.78. The molecule has 90 valence electrons. The first kappa shape index (κ1) is 11.1. The van der Waals surface area contributed by atoms with E-state index < -0.39 is 0 Å². The number of nitrogens with two attached hydrogens (primary N) is 1. The zero-order valence-electron chi connectivity index (χ0n) is 9.54. The fourth-order valence-electron chi connectivity index (χ4n) is 2.52. The molecular formula is C13H16N2OS. The van der Waals surface area contributed by atoms with E-state index in [9.17, 15) is 5.11 Å². The Morgan fingerprint density at radius 1 is 1.35 bits per heavy atom. The molecule has 17 heavy (non-hydrogen) atoms. The largest absolute Gasteiger partial charge is 0.508 e. The number of fused-ring (bicyclic) bond motifs is 1. The van der Waals surface area contributed by atoms with Gasteiger partial charge in [-0.25, -0.2) is 0 Å². The molecule has 1 aromatic rings. The van der Waals surface area contributed by atoms with Crippen LogP contribution in [0.3, 0.4) is 0 Å². The molecule has 3 N–H and O–H groups in total. The SMILES string of the molecule is NC1CCC2N=C(c3cccc(O)c3)SC2C1. The van der Waals surface area contributed by atoms with Gasteiger partial charge in [0.2, 0.25) is 0 Å². The van der Waals surface area contributed by atoms with Gasteiger partial charge in [-0.3, -0.25) is 4.99 Å². The second-order valence-corrected chi connectivity index (χ2v) is 6.01. The first-order chi connectivity index (χ1) is 8.22. The number of hydrogen-bond donors (Lipinski definition) is 2. The Morgan fingerprint density at radius 2 is 2.24 bits per heavy atom. The van der Waals surface area contributed by atoms with E-state index in [2.05, 4.69) is 0 Å². The number of phenolic OH excluding ortho intramolecular Hbond substituents is 1. The van der Waals surface area contributed by atoms with Crippen molar-refractivity contribution in [1.82, 2.24) is 0 Å². The Balaban J connectivity index is 1.82. The standard InChI is InChI=1S/C13H16N2OS/c14-9-4-5-11-12(7-9)17-13(15-11)8-2-1-3-10(16)6-8/h1-3,6,9,11-12,16H,4-5,7,14H2. The number of nitrogens with zero attached hydrogens (tertiary/aromatic N) is 1. The zero-order chi connectivity index (χ0) is 11.8. The van der Waals surface area contributed by atoms with Gasteiger partial charge < -0.3 is 10.8 Å². The molecule has 0 saturated heterocycles. The number of phenols is 1. The van der Waals surface area contributed by atoms with Gasteiger partial charge >= 0.3 is 0 Å². The maximum absolute atomic E-state index is 9.49. The van der Waals surface area contributed by atoms with Crippen LogP contribution in [0.2, 0.25) is 0 Å². The van der Waals surface area contributed by atoms with Gasteiger partial charge in [0.1, 0.15) is 5.75 Å². The van der Waals surface area contributed by atoms with Crippen molar-refractivity contribution in [3.8, 4) is 5.75 Å². The van der Waals surface area contributed by atoms with Crippen LogP contribution in [-0.2, 0) is 0 Å². The van der Waals surface area contributed by atoms with Crippen LogP contribution in [0.15, 0.2) is 29.3 Å². The fourth-order valence-corrected chi connectivity index (χ4v) is 3.97. The lowest BCUT2D eigenvalue weighted by Crippen LogP contribution is -2.35. The molecular weight excluding hydrogens is 232 g/mol. The van der Waals surface area contributed by atoms with Crippen LogP contribution >= 0.6 is 11.8 Å². The summed E-state index contributed by atoms with van der Waals surface area (Å²) in [6, 6.07) is 8.10. The Kier molecular flexibility index (Phi) is 2.84. The molecule has 1 heterocycles. The molecule has 3 atom stereocenters. The topological polar surface area (TPSA) is 58.6 Å². The molecule has 1 aliphatic heterocycles. The maximum atomic E-state index is 9.49. The smallest absolute Gasteiger partial charge is 0.116 e. The van der Waals surface area contributed by atoms with Gasteiger partial charge in [-0.15, -0.1) is 11.8 Å². The highest BCUT2D eigenvalue weighted by Crippen LogP contribution is 2.38. The van der Waals surface area contributed by atoms with E-state index in [-0.39, 0.29) is 0 Å². The van der Waals surface area contributed by atoms with E-state index in [1.807, 2.05) is 23.9 Å². The summed E-state index contributed by atoms with van der Waals surface area (Å²) in [6.45, 7) is 0. The van der Waals surface area contributed by atoms with Crippen molar-refractivity contribution in [2.45, 2.75) is 36.6 Å². The lowest BCUT2D eigenvalue weighted by atomic mass is 9.92. The van der Waals surface area contributed by atoms with E-state index >= 15 is 0 Å². The molecule has 1 fully saturated rings. The summed E-state index contributed by atoms with van der Waals surface area (Å²) in [5.74, 6) is 0.303. The number of thioether (sulfide) groups is 1. The van der Waals surface area contributed by atoms with E-state index in [1.54, 1.807) is 12.1 Å². The highest BCUT2D eigenvalue weighted by atomic mass is 32.2. The third-order valence-corrected chi connectivity index (χ3v) is 4.81. The van der Waals surface area contributed by atoms with Gasteiger partial charge in [0.15, 0.2) is 0 Å². The molecule has 1 aromatic carbocycles. The van der Waals surface area contributed by atoms with Crippen LogP contribution in [0.4, 0.5) is 0 Å². The molecule has 0 spiro atoms. The van der Waals surface area contributed by atoms with Crippen LogP contribution in [0, 0.1) is 0 Å². The predicted octanol–water partition coefficient (Wildman–Crippen LogP) is 2.13. The van der Waals surface area contributed by atoms with Gasteiger partial charge in [-0.1, -0.05) is 12.1 Å². The van der Waals surface area contributed by atoms with Crippen LogP contribution < -0.4 is 5.73 Å². The molecule has 0 aromatic heterocycles. The Morgan fingerprint density at radius 3 is 3.06 bits per heavy atom. The first-order valence-electron chi connectivity index (χ1n) is 6.02. The molecule has 3 nitrogen and oxygen atoms in total. The summed E-state index contributed by atoms with van der Waals surface area (Å²) in [5, 5.41) is 11.1. The van der Waals surface area contributed by atoms with E-state index in [0.717, 1.165) is 29.9 Å². The molecule has 2 aliphatic rings. The quantitative estimate of drug-likeness (QED) is 0.800. The monoisotopic (exact) mass is 248 g/mol. The van der Waals surface area contributed by atoms with Gasteiger partial charge in [-0.2, -0.15) is 0 Å². The first-order valence-corrected chi connectivity index (χ1v) is 6.90. The third-order valence-electron chi connectivity index (χ3n) is 3.44. The van der Waals surface area contributed by atoms with E-state index in [1.165, 1.54) is 0 Å². The van der Waals surface area contributed by atoms with Crippen LogP contribution in [0.5, 0.6) is 5.75 Å². The van der Waals surface area contributed by atoms with E-state index in [0.29, 0.717) is 23.1 Å². The number of aromatic hydroxyl groups is 1. The van der Waals surface area contributed by atoms with Crippen LogP contribution in [0.1, 0.15) is 24.8 Å². The van der Waals surface area contributed by atoms with Crippen molar-refractivity contribution in [2.24, 2.45) is 10.7 Å². The summed E-state index contributed by atoms with van der Waals surface area (Å²) >= 11 is 1.82. The highest BCUT2D eigenvalue weighted by molar-refractivity contribution is 8.15. The normalized spacial score (nSPS) is 32.1. The average Bonchev–Trinajstić information content (AvgIpc) is 2.72. The molecule has 0 amide bonds. The molecule has 4 heteroatoms. The lowest BCUT2D eigenvalue weighted by molar-refractivity contribution is 0.412. The van der Waals surface area contributed by atoms with Gasteiger partial charge in [-0.05, 0) is 31.4 Å². The summed E-state index contributed by atoms with van der Waals surface area (Å²) in [4.78, 5) is 4.77. The minimum absolute atomic E-state index is 0.303. The number of rotatable bonds is 1. The Bertz CT molecular complexity index is 460. The van der Waals surface area contributed by atoms with E-state index in [4.69, 9.17) is 10.7 Å². The van der Waals surface area contributed by atoms with Gasteiger partial charge in [0, 0.05) is 16.9 Å². The average molecular weight is 248 g/mol. The molecule has 1 aliphatic carbocycles. The van der Waals surface area contributed by atoms with Crippen LogP contribution in [-0.4, -0.2) is 27.5 Å². The molecule has 3 rings (SSSR count). The molecule has 3 unspecified atom stereocenters. The minimum Gasteiger partial charge on any atom is -0.508 e. The Hall–Kier alpha value is -1.00. The lowest BCUT2D eigenvalue weighted by Gasteiger charge is -2.27. The second kappa shape index (κ2) is 4.35. The molecule has 0 bridgehead atoms. The summed E-state index contributed by atoms with van der Waals surface area (Å²) in [7, 11) is 0. The van der Waals surface area contributed by atoms with Crippen molar-refractivity contribution in [1.29, 1.82) is 0 Å². The van der Waals surface area contributed by atoms with Crippen molar-refractivity contribution in [3.05, 3.63) is 29.8 Å². The van der Waals surface area contributed by atoms with Crippen molar-refractivity contribution < 1.29 is 5.11 Å². The third kappa shape index (κ3) is 2.19. The number of aliphatic imine (C=N–C) groups is 1. The minimum atomic E-state index is 0.303. The van der Waals surface area contributed by atoms with Crippen LogP contribution in [0.25, 0.3) is 0 Å². The van der Waals surface area contributed by atoms with Crippen molar-refractivity contribution in [3.63, 3.8) is 0 Å². The van der Waals surface area contributed by atoms with Crippen molar-refractivity contribution in [2.75, 3.05) is 0 Å². The fraction of sp³-hybridized carbons (Fsp3) is 0.462. The highest BCUT2D eigenvalue weighted by Gasteiger charge is 2.35. The summed E-state index contributed by atoms with van der Waals surface area (Å²) in [6.07, 6.45) is 3.24. The van der Waals surface area contributed by atoms with Gasteiger partial charge in [0.05, 0.1) is 11.1 Å². The molecule has 1 saturated carbocycles. The number of hydrogen-bond acceptors (Lipinski definition) is 4. The Labute approximate surface area is 105 Å². The van der Waals surface area contributed by atoms with Crippen molar-refractivity contribution >= 4 is 16.8 Å². The maximum Gasteiger partial charge on any atom is 0.116 e. The van der Waals surface area contributed by atoms with Gasteiger partial charge in [0.25, 0.3) is 0 Å². The number of benzene rings is 1.